The molecule has 0 fully saturated rings. The van der Waals surface area contributed by atoms with Crippen molar-refractivity contribution in [3.05, 3.63) is 48.3 Å². The van der Waals surface area contributed by atoms with Gasteiger partial charge in [0.1, 0.15) is 5.69 Å². The van der Waals surface area contributed by atoms with Gasteiger partial charge in [-0.3, -0.25) is 5.10 Å². The normalized spacial score (nSPS) is 10.6. The molecule has 0 bridgehead atoms. The van der Waals surface area contributed by atoms with Crippen LogP contribution in [0, 0.1) is 6.92 Å². The van der Waals surface area contributed by atoms with E-state index < -0.39 is 0 Å². The van der Waals surface area contributed by atoms with E-state index in [2.05, 4.69) is 15.4 Å². The Bertz CT molecular complexity index is 611. The highest BCUT2D eigenvalue weighted by Gasteiger charge is 2.16. The van der Waals surface area contributed by atoms with Crippen molar-refractivity contribution in [3.8, 4) is 22.6 Å². The Morgan fingerprint density at radius 2 is 1.94 bits per heavy atom. The van der Waals surface area contributed by atoms with Gasteiger partial charge in [-0.05, 0) is 6.92 Å². The van der Waals surface area contributed by atoms with Gasteiger partial charge >= 0.3 is 0 Å². The second-order valence-electron chi connectivity index (χ2n) is 3.81. The third-order valence-corrected chi connectivity index (χ3v) is 2.68. The molecule has 4 nitrogen and oxygen atoms in total. The number of H-pyrrole nitrogens is 1. The molecule has 2 aromatic heterocycles. The van der Waals surface area contributed by atoms with Crippen molar-refractivity contribution in [1.29, 1.82) is 0 Å². The van der Waals surface area contributed by atoms with Gasteiger partial charge in [-0.2, -0.15) is 5.10 Å². The van der Waals surface area contributed by atoms with E-state index in [0.29, 0.717) is 0 Å². The lowest BCUT2D eigenvalue weighted by atomic mass is 10.0. The minimum absolute atomic E-state index is 0.732. The highest BCUT2D eigenvalue weighted by atomic mass is 16.5. The largest absolute Gasteiger partial charge is 0.356 e. The lowest BCUT2D eigenvalue weighted by molar-refractivity contribution is 0.432. The van der Waals surface area contributed by atoms with Crippen molar-refractivity contribution in [3.63, 3.8) is 0 Å². The minimum atomic E-state index is 0.732. The van der Waals surface area contributed by atoms with E-state index in [4.69, 9.17) is 4.52 Å². The van der Waals surface area contributed by atoms with Crippen molar-refractivity contribution in [1.82, 2.24) is 15.4 Å². The van der Waals surface area contributed by atoms with E-state index in [9.17, 15) is 0 Å². The van der Waals surface area contributed by atoms with E-state index in [1.54, 1.807) is 6.20 Å². The summed E-state index contributed by atoms with van der Waals surface area (Å²) in [5.41, 5.74) is 3.89. The molecule has 17 heavy (non-hydrogen) atoms. The van der Waals surface area contributed by atoms with Crippen molar-refractivity contribution in [2.75, 3.05) is 0 Å². The maximum absolute atomic E-state index is 5.21. The van der Waals surface area contributed by atoms with Crippen molar-refractivity contribution in [2.45, 2.75) is 6.92 Å². The Morgan fingerprint density at radius 3 is 2.65 bits per heavy atom. The number of rotatable bonds is 2. The van der Waals surface area contributed by atoms with Gasteiger partial charge in [0.15, 0.2) is 5.76 Å². The highest BCUT2D eigenvalue weighted by molar-refractivity contribution is 5.79. The molecule has 0 aliphatic carbocycles. The molecule has 0 aliphatic rings. The Labute approximate surface area is 98.3 Å². The van der Waals surface area contributed by atoms with Crippen LogP contribution in [0.2, 0.25) is 0 Å². The van der Waals surface area contributed by atoms with Crippen molar-refractivity contribution in [2.24, 2.45) is 0 Å². The number of nitrogens with one attached hydrogen (secondary N) is 1. The van der Waals surface area contributed by atoms with Crippen molar-refractivity contribution >= 4 is 0 Å². The molecule has 3 rings (SSSR count). The lowest BCUT2D eigenvalue weighted by Gasteiger charge is -1.99. The zero-order valence-electron chi connectivity index (χ0n) is 9.34. The van der Waals surface area contributed by atoms with E-state index in [0.717, 1.165) is 28.3 Å². The summed E-state index contributed by atoms with van der Waals surface area (Å²) in [6.07, 6.45) is 1.64. The fraction of sp³-hybridized carbons (Fsp3) is 0.0769. The van der Waals surface area contributed by atoms with Crippen LogP contribution in [-0.2, 0) is 0 Å². The molecule has 0 saturated heterocycles. The predicted molar refractivity (Wildman–Crippen MR) is 64.3 cm³/mol. The van der Waals surface area contributed by atoms with Crippen LogP contribution in [0.1, 0.15) is 5.69 Å². The summed E-state index contributed by atoms with van der Waals surface area (Å²) in [6, 6.07) is 11.8. The molecule has 0 amide bonds. The third-order valence-electron chi connectivity index (χ3n) is 2.68. The molecule has 4 heteroatoms. The molecule has 1 aromatic carbocycles. The molecule has 3 aromatic rings. The summed E-state index contributed by atoms with van der Waals surface area (Å²) in [7, 11) is 0. The topological polar surface area (TPSA) is 54.7 Å². The van der Waals surface area contributed by atoms with Crippen LogP contribution < -0.4 is 0 Å². The number of benzene rings is 1. The Kier molecular flexibility index (Phi) is 2.26. The van der Waals surface area contributed by atoms with Crippen LogP contribution in [0.3, 0.4) is 0 Å². The highest BCUT2D eigenvalue weighted by Crippen LogP contribution is 2.32. The second kappa shape index (κ2) is 3.90. The number of hydrogen-bond donors (Lipinski definition) is 1. The first-order valence-corrected chi connectivity index (χ1v) is 5.37. The van der Waals surface area contributed by atoms with Crippen LogP contribution in [0.5, 0.6) is 0 Å². The van der Waals surface area contributed by atoms with E-state index >= 15 is 0 Å². The third kappa shape index (κ3) is 1.63. The summed E-state index contributed by atoms with van der Waals surface area (Å²) in [4.78, 5) is 0. The molecular weight excluding hydrogens is 214 g/mol. The molecule has 0 saturated carbocycles. The summed E-state index contributed by atoms with van der Waals surface area (Å²) >= 11 is 0. The molecule has 0 unspecified atom stereocenters. The summed E-state index contributed by atoms with van der Waals surface area (Å²) in [6.45, 7) is 1.97. The fourth-order valence-corrected chi connectivity index (χ4v) is 1.88. The average molecular weight is 225 g/mol. The van der Waals surface area contributed by atoms with Crippen molar-refractivity contribution < 1.29 is 4.52 Å². The van der Waals surface area contributed by atoms with Gasteiger partial charge in [-0.25, -0.2) is 0 Å². The second-order valence-corrected chi connectivity index (χ2v) is 3.81. The maximum Gasteiger partial charge on any atom is 0.170 e. The average Bonchev–Trinajstić information content (AvgIpc) is 2.99. The monoisotopic (exact) mass is 225 g/mol. The summed E-state index contributed by atoms with van der Waals surface area (Å²) in [5.74, 6) is 0.732. The molecular formula is C13H11N3O. The smallest absolute Gasteiger partial charge is 0.170 e. The SMILES string of the molecule is Cc1[nH]nc(-c2ccccc2)c1-c1ccno1. The first-order valence-electron chi connectivity index (χ1n) is 5.37. The van der Waals surface area contributed by atoms with E-state index in [1.165, 1.54) is 0 Å². The van der Waals surface area contributed by atoms with Gasteiger partial charge in [0.25, 0.3) is 0 Å². The summed E-state index contributed by atoms with van der Waals surface area (Å²) < 4.78 is 5.21. The Balaban J connectivity index is 2.20. The minimum Gasteiger partial charge on any atom is -0.356 e. The number of nitrogens with zero attached hydrogens (tertiary/aromatic N) is 2. The molecule has 0 aliphatic heterocycles. The van der Waals surface area contributed by atoms with Gasteiger partial charge in [0, 0.05) is 17.3 Å². The molecule has 84 valence electrons. The predicted octanol–water partition coefficient (Wildman–Crippen LogP) is 3.04. The quantitative estimate of drug-likeness (QED) is 0.729. The zero-order chi connectivity index (χ0) is 11.7. The van der Waals surface area contributed by atoms with Gasteiger partial charge in [0.05, 0.1) is 11.8 Å². The van der Waals surface area contributed by atoms with E-state index in [-0.39, 0.29) is 0 Å². The maximum atomic E-state index is 5.21. The Hall–Kier alpha value is -2.36. The number of hydrogen-bond acceptors (Lipinski definition) is 3. The van der Waals surface area contributed by atoms with Gasteiger partial charge in [0.2, 0.25) is 0 Å². The van der Waals surface area contributed by atoms with Gasteiger partial charge in [-0.15, -0.1) is 0 Å². The molecule has 1 N–H and O–H groups in total. The lowest BCUT2D eigenvalue weighted by Crippen LogP contribution is -1.81. The summed E-state index contributed by atoms with van der Waals surface area (Å²) in [5, 5.41) is 11.1. The first-order chi connectivity index (χ1) is 8.36. The molecule has 2 heterocycles. The Morgan fingerprint density at radius 1 is 1.12 bits per heavy atom. The van der Waals surface area contributed by atoms with Crippen LogP contribution in [0.25, 0.3) is 22.6 Å². The van der Waals surface area contributed by atoms with Crippen LogP contribution >= 0.6 is 0 Å². The van der Waals surface area contributed by atoms with E-state index in [1.807, 2.05) is 43.3 Å². The molecule has 0 spiro atoms. The number of aromatic amines is 1. The fourth-order valence-electron chi connectivity index (χ4n) is 1.88. The molecule has 0 atom stereocenters. The standard InChI is InChI=1S/C13H11N3O/c1-9-12(11-7-8-14-17-11)13(16-15-9)10-5-3-2-4-6-10/h2-8H,1H3,(H,15,16). The zero-order valence-corrected chi connectivity index (χ0v) is 9.34. The van der Waals surface area contributed by atoms with Gasteiger partial charge in [-0.1, -0.05) is 35.5 Å². The van der Waals surface area contributed by atoms with Crippen LogP contribution in [0.15, 0.2) is 47.1 Å². The van der Waals surface area contributed by atoms with Gasteiger partial charge < -0.3 is 4.52 Å². The number of aromatic nitrogens is 3. The number of aryl methyl sites for hydroxylation is 1. The van der Waals surface area contributed by atoms with Crippen LogP contribution in [0.4, 0.5) is 0 Å². The molecule has 0 radical (unpaired) electrons. The first kappa shape index (κ1) is 9.84. The van der Waals surface area contributed by atoms with Crippen LogP contribution in [-0.4, -0.2) is 15.4 Å².